The Morgan fingerprint density at radius 1 is 1.18 bits per heavy atom. The van der Waals surface area contributed by atoms with Gasteiger partial charge in [-0.25, -0.2) is 20.0 Å². The third kappa shape index (κ3) is 8.81. The number of hydrogen-bond donors (Lipinski definition) is 4. The van der Waals surface area contributed by atoms with Crippen LogP contribution in [0, 0.1) is 0 Å². The molecule has 1 aliphatic heterocycles. The molecule has 1 amide bonds. The first-order valence-corrected chi connectivity index (χ1v) is 11.1. The molecule has 0 bridgehead atoms. The lowest BCUT2D eigenvalue weighted by Crippen LogP contribution is -2.42. The number of carbonyl (C=O) groups is 2. The van der Waals surface area contributed by atoms with Crippen LogP contribution in [0.3, 0.4) is 0 Å². The number of carbonyl (C=O) groups excluding carboxylic acids is 1. The number of amides is 1. The van der Waals surface area contributed by atoms with E-state index in [1.165, 1.54) is 0 Å². The molecular formula is C24H29N5O5. The maximum atomic E-state index is 12.0. The fourth-order valence-corrected chi connectivity index (χ4v) is 3.13. The Bertz CT molecular complexity index is 996. The summed E-state index contributed by atoms with van der Waals surface area (Å²) < 4.78 is 10.8. The van der Waals surface area contributed by atoms with Gasteiger partial charge >= 0.3 is 12.1 Å². The highest BCUT2D eigenvalue weighted by Crippen LogP contribution is 2.15. The summed E-state index contributed by atoms with van der Waals surface area (Å²) in [4.78, 5) is 27.7. The van der Waals surface area contributed by atoms with Crippen LogP contribution >= 0.6 is 0 Å². The van der Waals surface area contributed by atoms with Gasteiger partial charge in [-0.3, -0.25) is 0 Å². The number of carboxylic acid groups (broad SMARTS) is 1. The molecule has 0 spiro atoms. The van der Waals surface area contributed by atoms with Crippen LogP contribution in [0.1, 0.15) is 24.0 Å². The van der Waals surface area contributed by atoms with Crippen molar-refractivity contribution in [3.8, 4) is 5.75 Å². The molecule has 3 rings (SSSR count). The second-order valence-electron chi connectivity index (χ2n) is 7.50. The molecule has 0 saturated heterocycles. The summed E-state index contributed by atoms with van der Waals surface area (Å²) in [6.07, 6.45) is 2.60. The minimum absolute atomic E-state index is 0.0642. The van der Waals surface area contributed by atoms with Gasteiger partial charge in [0.05, 0.1) is 13.2 Å². The number of hydrazone groups is 1. The predicted octanol–water partition coefficient (Wildman–Crippen LogP) is 2.30. The van der Waals surface area contributed by atoms with E-state index in [2.05, 4.69) is 26.2 Å². The van der Waals surface area contributed by atoms with E-state index in [1.807, 2.05) is 48.5 Å². The van der Waals surface area contributed by atoms with E-state index in [1.54, 1.807) is 12.3 Å². The fourth-order valence-electron chi connectivity index (χ4n) is 3.13. The number of alkyl carbamates (subject to hydrolysis) is 1. The van der Waals surface area contributed by atoms with E-state index >= 15 is 0 Å². The Morgan fingerprint density at radius 3 is 2.76 bits per heavy atom. The number of aliphatic imine (C=N–C) groups is 1. The Labute approximate surface area is 198 Å². The lowest BCUT2D eigenvalue weighted by Gasteiger charge is -2.15. The predicted molar refractivity (Wildman–Crippen MR) is 128 cm³/mol. The molecular weight excluding hydrogens is 438 g/mol. The number of nitrogens with one attached hydrogen (secondary N) is 3. The molecule has 0 aromatic heterocycles. The molecule has 10 nitrogen and oxygen atoms in total. The standard InChI is InChI=1S/C24H29N5O5/c30-22(31)21(28-24(32)34-17-19-6-2-1-3-7-19)11-15-33-20-10-4-8-18(16-20)9-5-12-27-29-23-25-13-14-26-23/h1-4,6-8,10,12,16,21H,5,9,11,13-15,17H2,(H,28,32)(H,30,31)(H2,25,26,29)/b27-12+. The zero-order chi connectivity index (χ0) is 24.0. The zero-order valence-electron chi connectivity index (χ0n) is 18.8. The number of aliphatic carboxylic acids is 1. The van der Waals surface area contributed by atoms with Gasteiger partial charge in [-0.2, -0.15) is 5.10 Å². The summed E-state index contributed by atoms with van der Waals surface area (Å²) >= 11 is 0. The maximum Gasteiger partial charge on any atom is 0.408 e. The molecule has 1 aliphatic rings. The lowest BCUT2D eigenvalue weighted by molar-refractivity contribution is -0.139. The molecule has 1 heterocycles. The molecule has 0 radical (unpaired) electrons. The molecule has 2 aromatic carbocycles. The van der Waals surface area contributed by atoms with Crippen LogP contribution in [-0.2, 0) is 22.6 Å². The van der Waals surface area contributed by atoms with Gasteiger partial charge in [-0.05, 0) is 36.1 Å². The largest absolute Gasteiger partial charge is 0.493 e. The average molecular weight is 468 g/mol. The second kappa shape index (κ2) is 13.5. The Kier molecular flexibility index (Phi) is 9.73. The quantitative estimate of drug-likeness (QED) is 0.278. The molecule has 0 aliphatic carbocycles. The smallest absolute Gasteiger partial charge is 0.408 e. The molecule has 34 heavy (non-hydrogen) atoms. The van der Waals surface area contributed by atoms with Crippen molar-refractivity contribution in [2.24, 2.45) is 10.1 Å². The molecule has 4 N–H and O–H groups in total. The van der Waals surface area contributed by atoms with Crippen LogP contribution in [-0.4, -0.2) is 55.1 Å². The molecule has 10 heteroatoms. The third-order valence-electron chi connectivity index (χ3n) is 4.87. The molecule has 1 atom stereocenters. The third-order valence-corrected chi connectivity index (χ3v) is 4.87. The minimum atomic E-state index is -1.15. The summed E-state index contributed by atoms with van der Waals surface area (Å²) in [7, 11) is 0. The molecule has 0 saturated carbocycles. The van der Waals surface area contributed by atoms with E-state index in [9.17, 15) is 14.7 Å². The number of hydrogen-bond acceptors (Lipinski definition) is 8. The van der Waals surface area contributed by atoms with E-state index in [0.29, 0.717) is 11.7 Å². The monoisotopic (exact) mass is 467 g/mol. The van der Waals surface area contributed by atoms with Crippen molar-refractivity contribution in [3.05, 3.63) is 65.7 Å². The second-order valence-corrected chi connectivity index (χ2v) is 7.50. The van der Waals surface area contributed by atoms with Crippen molar-refractivity contribution < 1.29 is 24.2 Å². The summed E-state index contributed by atoms with van der Waals surface area (Å²) in [5.74, 6) is 0.166. The van der Waals surface area contributed by atoms with Crippen LogP contribution in [0.25, 0.3) is 0 Å². The number of guanidine groups is 1. The topological polar surface area (TPSA) is 134 Å². The zero-order valence-corrected chi connectivity index (χ0v) is 18.8. The van der Waals surface area contributed by atoms with Gasteiger partial charge in [-0.1, -0.05) is 42.5 Å². The SMILES string of the molecule is O=C(NC(CCOc1cccc(CC/C=N/NC2=NCCN2)c1)C(=O)O)OCc1ccccc1. The molecule has 1 unspecified atom stereocenters. The summed E-state index contributed by atoms with van der Waals surface area (Å²) in [5.41, 5.74) is 4.74. The van der Waals surface area contributed by atoms with Crippen molar-refractivity contribution in [2.75, 3.05) is 19.7 Å². The molecule has 0 fully saturated rings. The van der Waals surface area contributed by atoms with Gasteiger partial charge in [-0.15, -0.1) is 0 Å². The van der Waals surface area contributed by atoms with Crippen LogP contribution in [0.4, 0.5) is 4.79 Å². The highest BCUT2D eigenvalue weighted by Gasteiger charge is 2.20. The van der Waals surface area contributed by atoms with Crippen LogP contribution in [0.2, 0.25) is 0 Å². The first kappa shape index (κ1) is 24.6. The van der Waals surface area contributed by atoms with Crippen LogP contribution in [0.15, 0.2) is 64.7 Å². The number of ether oxygens (including phenoxy) is 2. The van der Waals surface area contributed by atoms with Crippen LogP contribution in [0.5, 0.6) is 5.75 Å². The van der Waals surface area contributed by atoms with Crippen LogP contribution < -0.4 is 20.8 Å². The summed E-state index contributed by atoms with van der Waals surface area (Å²) in [6, 6.07) is 15.6. The van der Waals surface area contributed by atoms with E-state index < -0.39 is 18.1 Å². The fraction of sp³-hybridized carbons (Fsp3) is 0.333. The number of nitrogens with zero attached hydrogens (tertiary/aromatic N) is 2. The highest BCUT2D eigenvalue weighted by molar-refractivity contribution is 5.81. The van der Waals surface area contributed by atoms with Gasteiger partial charge in [0, 0.05) is 19.2 Å². The Hall–Kier alpha value is -4.08. The van der Waals surface area contributed by atoms with Crippen molar-refractivity contribution in [2.45, 2.75) is 31.9 Å². The Morgan fingerprint density at radius 2 is 2.00 bits per heavy atom. The van der Waals surface area contributed by atoms with Gasteiger partial charge in [0.2, 0.25) is 5.96 Å². The Balaban J connectivity index is 1.37. The number of carboxylic acids is 1. The molecule has 180 valence electrons. The first-order chi connectivity index (χ1) is 16.6. The highest BCUT2D eigenvalue weighted by atomic mass is 16.5. The number of rotatable bonds is 12. The molecule has 2 aromatic rings. The van der Waals surface area contributed by atoms with E-state index in [-0.39, 0.29) is 19.6 Å². The number of aryl methyl sites for hydroxylation is 1. The van der Waals surface area contributed by atoms with Gasteiger partial charge in [0.1, 0.15) is 18.4 Å². The number of benzene rings is 2. The van der Waals surface area contributed by atoms with Crippen molar-refractivity contribution >= 4 is 24.2 Å². The lowest BCUT2D eigenvalue weighted by atomic mass is 10.1. The minimum Gasteiger partial charge on any atom is -0.493 e. The normalized spacial score (nSPS) is 13.6. The van der Waals surface area contributed by atoms with Crippen molar-refractivity contribution in [3.63, 3.8) is 0 Å². The van der Waals surface area contributed by atoms with Crippen molar-refractivity contribution in [1.82, 2.24) is 16.1 Å². The summed E-state index contributed by atoms with van der Waals surface area (Å²) in [5, 5.41) is 19.0. The van der Waals surface area contributed by atoms with Gasteiger partial charge < -0.3 is 25.2 Å². The van der Waals surface area contributed by atoms with Gasteiger partial charge in [0.15, 0.2) is 0 Å². The van der Waals surface area contributed by atoms with Crippen molar-refractivity contribution in [1.29, 1.82) is 0 Å². The maximum absolute atomic E-state index is 12.0. The van der Waals surface area contributed by atoms with E-state index in [0.717, 1.165) is 37.1 Å². The average Bonchev–Trinajstić information content (AvgIpc) is 3.36. The van der Waals surface area contributed by atoms with E-state index in [4.69, 9.17) is 9.47 Å². The van der Waals surface area contributed by atoms with Gasteiger partial charge in [0.25, 0.3) is 0 Å². The summed E-state index contributed by atoms with van der Waals surface area (Å²) in [6.45, 7) is 1.77. The first-order valence-electron chi connectivity index (χ1n) is 11.1.